The van der Waals surface area contributed by atoms with E-state index in [1.165, 1.54) is 11.8 Å². The number of benzene rings is 1. The van der Waals surface area contributed by atoms with Crippen molar-refractivity contribution in [2.45, 2.75) is 26.3 Å². The van der Waals surface area contributed by atoms with E-state index in [-0.39, 0.29) is 17.9 Å². The maximum atomic E-state index is 12.2. The zero-order chi connectivity index (χ0) is 15.3. The molecule has 2 N–H and O–H groups in total. The van der Waals surface area contributed by atoms with Gasteiger partial charge in [-0.05, 0) is 18.6 Å². The Morgan fingerprint density at radius 2 is 1.90 bits per heavy atom. The number of nitrogens with one attached hydrogen (secondary N) is 1. The standard InChI is InChI=1S/C14H18N2O4/c1-4-11(14(19)20)15-13(18)10-7-5-6-8-12(10)16(3)9(2)17/h5-8,11H,4H2,1-3H3,(H,15,18)(H,19,20). The molecule has 0 saturated carbocycles. The number of carboxylic acid groups (broad SMARTS) is 1. The van der Waals surface area contributed by atoms with Gasteiger partial charge in [0.15, 0.2) is 0 Å². The van der Waals surface area contributed by atoms with Gasteiger partial charge >= 0.3 is 5.97 Å². The molecule has 6 nitrogen and oxygen atoms in total. The monoisotopic (exact) mass is 278 g/mol. The number of para-hydroxylation sites is 1. The average molecular weight is 278 g/mol. The van der Waals surface area contributed by atoms with Crippen LogP contribution in [0.15, 0.2) is 24.3 Å². The van der Waals surface area contributed by atoms with Crippen molar-refractivity contribution >= 4 is 23.5 Å². The van der Waals surface area contributed by atoms with Gasteiger partial charge in [-0.1, -0.05) is 19.1 Å². The molecule has 1 atom stereocenters. The highest BCUT2D eigenvalue weighted by atomic mass is 16.4. The van der Waals surface area contributed by atoms with Gasteiger partial charge in [0.05, 0.1) is 11.3 Å². The van der Waals surface area contributed by atoms with Crippen molar-refractivity contribution in [3.63, 3.8) is 0 Å². The molecule has 6 heteroatoms. The van der Waals surface area contributed by atoms with Crippen LogP contribution in [0.1, 0.15) is 30.6 Å². The Hall–Kier alpha value is -2.37. The number of carbonyl (C=O) groups is 3. The summed E-state index contributed by atoms with van der Waals surface area (Å²) in [5.74, 6) is -1.81. The summed E-state index contributed by atoms with van der Waals surface area (Å²) in [5, 5.41) is 11.4. The predicted octanol–water partition coefficient (Wildman–Crippen LogP) is 1.26. The first kappa shape index (κ1) is 15.7. The van der Waals surface area contributed by atoms with Crippen LogP contribution >= 0.6 is 0 Å². The largest absolute Gasteiger partial charge is 0.480 e. The summed E-state index contributed by atoms with van der Waals surface area (Å²) in [6.45, 7) is 3.06. The first-order valence-corrected chi connectivity index (χ1v) is 6.25. The molecule has 0 saturated heterocycles. The summed E-state index contributed by atoms with van der Waals surface area (Å²) in [6.07, 6.45) is 0.284. The van der Waals surface area contributed by atoms with Gasteiger partial charge in [0, 0.05) is 14.0 Å². The molecular weight excluding hydrogens is 260 g/mol. The number of nitrogens with zero attached hydrogens (tertiary/aromatic N) is 1. The van der Waals surface area contributed by atoms with Gasteiger partial charge in [0.2, 0.25) is 5.91 Å². The van der Waals surface area contributed by atoms with E-state index >= 15 is 0 Å². The van der Waals surface area contributed by atoms with E-state index in [2.05, 4.69) is 5.32 Å². The third-order valence-electron chi connectivity index (χ3n) is 2.99. The quantitative estimate of drug-likeness (QED) is 0.849. The van der Waals surface area contributed by atoms with E-state index in [0.717, 1.165) is 0 Å². The van der Waals surface area contributed by atoms with Gasteiger partial charge in [-0.25, -0.2) is 4.79 Å². The van der Waals surface area contributed by atoms with E-state index < -0.39 is 17.9 Å². The Bertz CT molecular complexity index is 528. The number of hydrogen-bond acceptors (Lipinski definition) is 3. The molecule has 0 aliphatic rings. The molecule has 1 unspecified atom stereocenters. The predicted molar refractivity (Wildman–Crippen MR) is 74.7 cm³/mol. The number of amides is 2. The van der Waals surface area contributed by atoms with Gasteiger partial charge in [-0.3, -0.25) is 9.59 Å². The molecule has 1 aromatic carbocycles. The molecular formula is C14H18N2O4. The highest BCUT2D eigenvalue weighted by Crippen LogP contribution is 2.19. The van der Waals surface area contributed by atoms with Crippen molar-refractivity contribution < 1.29 is 19.5 Å². The smallest absolute Gasteiger partial charge is 0.326 e. The van der Waals surface area contributed by atoms with Crippen molar-refractivity contribution in [3.8, 4) is 0 Å². The summed E-state index contributed by atoms with van der Waals surface area (Å²) >= 11 is 0. The van der Waals surface area contributed by atoms with E-state index in [4.69, 9.17) is 5.11 Å². The van der Waals surface area contributed by atoms with Gasteiger partial charge in [0.1, 0.15) is 6.04 Å². The third-order valence-corrected chi connectivity index (χ3v) is 2.99. The Morgan fingerprint density at radius 1 is 1.30 bits per heavy atom. The number of carbonyl (C=O) groups excluding carboxylic acids is 2. The van der Waals surface area contributed by atoms with E-state index in [0.29, 0.717) is 5.69 Å². The lowest BCUT2D eigenvalue weighted by atomic mass is 10.1. The molecule has 2 amide bonds. The maximum absolute atomic E-state index is 12.2. The minimum absolute atomic E-state index is 0.212. The second-order valence-corrected chi connectivity index (χ2v) is 4.37. The topological polar surface area (TPSA) is 86.7 Å². The number of carboxylic acids is 1. The zero-order valence-electron chi connectivity index (χ0n) is 11.7. The second-order valence-electron chi connectivity index (χ2n) is 4.37. The van der Waals surface area contributed by atoms with Gasteiger partial charge in [-0.15, -0.1) is 0 Å². The van der Waals surface area contributed by atoms with Crippen LogP contribution < -0.4 is 10.2 Å². The van der Waals surface area contributed by atoms with E-state index in [1.54, 1.807) is 38.2 Å². The van der Waals surface area contributed by atoms with Crippen LogP contribution in [0.2, 0.25) is 0 Å². The van der Waals surface area contributed by atoms with Gasteiger partial charge in [0.25, 0.3) is 5.91 Å². The van der Waals surface area contributed by atoms with E-state index in [1.807, 2.05) is 0 Å². The Labute approximate surface area is 117 Å². The Kier molecular flexibility index (Phi) is 5.25. The van der Waals surface area contributed by atoms with Crippen molar-refractivity contribution in [1.82, 2.24) is 5.32 Å². The first-order valence-electron chi connectivity index (χ1n) is 6.25. The number of rotatable bonds is 5. The highest BCUT2D eigenvalue weighted by Gasteiger charge is 2.21. The number of aliphatic carboxylic acids is 1. The van der Waals surface area contributed by atoms with Gasteiger partial charge < -0.3 is 15.3 Å². The van der Waals surface area contributed by atoms with Crippen molar-refractivity contribution in [2.24, 2.45) is 0 Å². The third kappa shape index (κ3) is 3.57. The molecule has 0 aromatic heterocycles. The lowest BCUT2D eigenvalue weighted by Gasteiger charge is -2.20. The molecule has 0 aliphatic carbocycles. The molecule has 1 aromatic rings. The SMILES string of the molecule is CCC(NC(=O)c1ccccc1N(C)C(C)=O)C(=O)O. The van der Waals surface area contributed by atoms with Crippen LogP contribution in [0, 0.1) is 0 Å². The van der Waals surface area contributed by atoms with Crippen LogP contribution in [-0.2, 0) is 9.59 Å². The van der Waals surface area contributed by atoms with E-state index in [9.17, 15) is 14.4 Å². The molecule has 0 bridgehead atoms. The fourth-order valence-corrected chi connectivity index (χ4v) is 1.70. The maximum Gasteiger partial charge on any atom is 0.326 e. The van der Waals surface area contributed by atoms with Gasteiger partial charge in [-0.2, -0.15) is 0 Å². The summed E-state index contributed by atoms with van der Waals surface area (Å²) < 4.78 is 0. The lowest BCUT2D eigenvalue weighted by Crippen LogP contribution is -2.41. The Morgan fingerprint density at radius 3 is 2.40 bits per heavy atom. The molecule has 0 spiro atoms. The van der Waals surface area contributed by atoms with Crippen molar-refractivity contribution in [2.75, 3.05) is 11.9 Å². The number of hydrogen-bond donors (Lipinski definition) is 2. The minimum Gasteiger partial charge on any atom is -0.480 e. The lowest BCUT2D eigenvalue weighted by molar-refractivity contribution is -0.139. The Balaban J connectivity index is 3.04. The molecule has 0 radical (unpaired) electrons. The van der Waals surface area contributed by atoms with Crippen LogP contribution in [0.3, 0.4) is 0 Å². The molecule has 0 heterocycles. The zero-order valence-corrected chi connectivity index (χ0v) is 11.7. The summed E-state index contributed by atoms with van der Waals surface area (Å²) in [7, 11) is 1.56. The van der Waals surface area contributed by atoms with Crippen LogP contribution in [0.5, 0.6) is 0 Å². The summed E-state index contributed by atoms with van der Waals surface area (Å²) in [5.41, 5.74) is 0.711. The second kappa shape index (κ2) is 6.70. The molecule has 20 heavy (non-hydrogen) atoms. The first-order chi connectivity index (χ1) is 9.38. The van der Waals surface area contributed by atoms with Crippen LogP contribution in [0.4, 0.5) is 5.69 Å². The molecule has 0 aliphatic heterocycles. The van der Waals surface area contributed by atoms with Crippen molar-refractivity contribution in [3.05, 3.63) is 29.8 Å². The van der Waals surface area contributed by atoms with Crippen LogP contribution in [0.25, 0.3) is 0 Å². The number of anilines is 1. The summed E-state index contributed by atoms with van der Waals surface area (Å²) in [4.78, 5) is 35.8. The average Bonchev–Trinajstić information content (AvgIpc) is 2.43. The highest BCUT2D eigenvalue weighted by molar-refractivity contribution is 6.05. The fourth-order valence-electron chi connectivity index (χ4n) is 1.70. The molecule has 1 rings (SSSR count). The molecule has 108 valence electrons. The van der Waals surface area contributed by atoms with Crippen LogP contribution in [-0.4, -0.2) is 36.0 Å². The molecule has 0 fully saturated rings. The minimum atomic E-state index is -1.08. The normalized spacial score (nSPS) is 11.6. The fraction of sp³-hybridized carbons (Fsp3) is 0.357. The van der Waals surface area contributed by atoms with Crippen molar-refractivity contribution in [1.29, 1.82) is 0 Å². The summed E-state index contributed by atoms with van der Waals surface area (Å²) in [6, 6.07) is 5.61.